The highest BCUT2D eigenvalue weighted by Gasteiger charge is 2.44. The van der Waals surface area contributed by atoms with Crippen molar-refractivity contribution in [2.45, 2.75) is 39.7 Å². The molecule has 76 valence electrons. The Hall–Kier alpha value is -0.570. The first kappa shape index (κ1) is 10.5. The van der Waals surface area contributed by atoms with Crippen molar-refractivity contribution >= 4 is 5.97 Å². The first-order chi connectivity index (χ1) is 5.99. The Labute approximate surface area is 79.7 Å². The SMILES string of the molecule is CCN(CC(=O)O)C(C)C1(C)CC1. The summed E-state index contributed by atoms with van der Waals surface area (Å²) < 4.78 is 0. The van der Waals surface area contributed by atoms with Crippen LogP contribution in [0, 0.1) is 5.41 Å². The molecule has 1 unspecified atom stereocenters. The molecule has 1 rings (SSSR count). The molecule has 1 N–H and O–H groups in total. The second-order valence-electron chi connectivity index (χ2n) is 4.29. The second-order valence-corrected chi connectivity index (χ2v) is 4.29. The topological polar surface area (TPSA) is 40.5 Å². The van der Waals surface area contributed by atoms with Crippen molar-refractivity contribution in [3.63, 3.8) is 0 Å². The molecule has 1 fully saturated rings. The van der Waals surface area contributed by atoms with E-state index in [1.54, 1.807) is 0 Å². The fourth-order valence-corrected chi connectivity index (χ4v) is 1.75. The van der Waals surface area contributed by atoms with Gasteiger partial charge in [0.1, 0.15) is 0 Å². The van der Waals surface area contributed by atoms with Gasteiger partial charge in [0.05, 0.1) is 6.54 Å². The molecule has 1 saturated carbocycles. The van der Waals surface area contributed by atoms with Gasteiger partial charge in [0.15, 0.2) is 0 Å². The molecule has 3 heteroatoms. The molecule has 0 radical (unpaired) electrons. The zero-order valence-corrected chi connectivity index (χ0v) is 8.71. The van der Waals surface area contributed by atoms with Crippen molar-refractivity contribution in [2.75, 3.05) is 13.1 Å². The quantitative estimate of drug-likeness (QED) is 0.707. The van der Waals surface area contributed by atoms with Crippen LogP contribution >= 0.6 is 0 Å². The fraction of sp³-hybridized carbons (Fsp3) is 0.900. The van der Waals surface area contributed by atoms with E-state index in [0.29, 0.717) is 11.5 Å². The predicted molar refractivity (Wildman–Crippen MR) is 51.7 cm³/mol. The zero-order valence-electron chi connectivity index (χ0n) is 8.71. The maximum Gasteiger partial charge on any atom is 0.317 e. The van der Waals surface area contributed by atoms with Crippen LogP contribution in [0.15, 0.2) is 0 Å². The molecular formula is C10H19NO2. The predicted octanol–water partition coefficient (Wildman–Crippen LogP) is 1.58. The van der Waals surface area contributed by atoms with Crippen LogP contribution in [-0.4, -0.2) is 35.1 Å². The third kappa shape index (κ3) is 2.44. The third-order valence-corrected chi connectivity index (χ3v) is 3.34. The molecule has 1 aliphatic rings. The number of carboxylic acid groups (broad SMARTS) is 1. The average molecular weight is 185 g/mol. The molecule has 1 aliphatic carbocycles. The molecule has 0 aliphatic heterocycles. The van der Waals surface area contributed by atoms with E-state index in [1.165, 1.54) is 12.8 Å². The van der Waals surface area contributed by atoms with E-state index in [1.807, 2.05) is 11.8 Å². The van der Waals surface area contributed by atoms with Crippen LogP contribution in [0.5, 0.6) is 0 Å². The fourth-order valence-electron chi connectivity index (χ4n) is 1.75. The maximum atomic E-state index is 10.6. The van der Waals surface area contributed by atoms with Gasteiger partial charge in [-0.05, 0) is 31.7 Å². The number of carboxylic acids is 1. The second kappa shape index (κ2) is 3.66. The molecular weight excluding hydrogens is 166 g/mol. The van der Waals surface area contributed by atoms with E-state index in [-0.39, 0.29) is 6.54 Å². The average Bonchev–Trinajstić information content (AvgIpc) is 2.79. The first-order valence-electron chi connectivity index (χ1n) is 4.95. The van der Waals surface area contributed by atoms with Gasteiger partial charge < -0.3 is 5.11 Å². The van der Waals surface area contributed by atoms with E-state index in [2.05, 4.69) is 13.8 Å². The molecule has 3 nitrogen and oxygen atoms in total. The van der Waals surface area contributed by atoms with Gasteiger partial charge >= 0.3 is 5.97 Å². The molecule has 0 saturated heterocycles. The number of nitrogens with zero attached hydrogens (tertiary/aromatic N) is 1. The Morgan fingerprint density at radius 1 is 1.62 bits per heavy atom. The lowest BCUT2D eigenvalue weighted by molar-refractivity contribution is -0.139. The zero-order chi connectivity index (χ0) is 10.1. The van der Waals surface area contributed by atoms with Crippen molar-refractivity contribution in [1.82, 2.24) is 4.90 Å². The van der Waals surface area contributed by atoms with Gasteiger partial charge in [-0.15, -0.1) is 0 Å². The summed E-state index contributed by atoms with van der Waals surface area (Å²) in [7, 11) is 0. The summed E-state index contributed by atoms with van der Waals surface area (Å²) in [6, 6.07) is 0.397. The Morgan fingerprint density at radius 2 is 2.15 bits per heavy atom. The van der Waals surface area contributed by atoms with Gasteiger partial charge in [-0.2, -0.15) is 0 Å². The molecule has 1 atom stereocenters. The monoisotopic (exact) mass is 185 g/mol. The molecule has 0 bridgehead atoms. The lowest BCUT2D eigenvalue weighted by Gasteiger charge is -2.31. The minimum atomic E-state index is -0.724. The van der Waals surface area contributed by atoms with Crippen LogP contribution in [0.3, 0.4) is 0 Å². The van der Waals surface area contributed by atoms with E-state index in [4.69, 9.17) is 5.11 Å². The summed E-state index contributed by atoms with van der Waals surface area (Å²) in [6.45, 7) is 7.39. The number of hydrogen-bond donors (Lipinski definition) is 1. The van der Waals surface area contributed by atoms with E-state index >= 15 is 0 Å². The number of rotatable bonds is 5. The highest BCUT2D eigenvalue weighted by atomic mass is 16.4. The molecule has 0 amide bonds. The lowest BCUT2D eigenvalue weighted by atomic mass is 9.99. The third-order valence-electron chi connectivity index (χ3n) is 3.34. The van der Waals surface area contributed by atoms with Crippen LogP contribution in [0.4, 0.5) is 0 Å². The molecule has 0 heterocycles. The summed E-state index contributed by atoms with van der Waals surface area (Å²) in [5.41, 5.74) is 0.380. The Balaban J connectivity index is 2.50. The molecule has 0 aromatic heterocycles. The van der Waals surface area contributed by atoms with E-state index < -0.39 is 5.97 Å². The van der Waals surface area contributed by atoms with E-state index in [9.17, 15) is 4.79 Å². The van der Waals surface area contributed by atoms with Crippen LogP contribution in [0.25, 0.3) is 0 Å². The Morgan fingerprint density at radius 3 is 2.46 bits per heavy atom. The molecule has 0 spiro atoms. The van der Waals surface area contributed by atoms with Crippen LogP contribution in [0.2, 0.25) is 0 Å². The molecule has 0 aromatic rings. The van der Waals surface area contributed by atoms with Crippen molar-refractivity contribution in [3.05, 3.63) is 0 Å². The summed E-state index contributed by atoms with van der Waals surface area (Å²) in [5.74, 6) is -0.724. The highest BCUT2D eigenvalue weighted by Crippen LogP contribution is 2.49. The van der Waals surface area contributed by atoms with Crippen molar-refractivity contribution < 1.29 is 9.90 Å². The first-order valence-corrected chi connectivity index (χ1v) is 4.95. The van der Waals surface area contributed by atoms with Gasteiger partial charge in [0, 0.05) is 6.04 Å². The smallest absolute Gasteiger partial charge is 0.317 e. The summed E-state index contributed by atoms with van der Waals surface area (Å²) in [6.07, 6.45) is 2.48. The normalized spacial score (nSPS) is 21.5. The largest absolute Gasteiger partial charge is 0.480 e. The summed E-state index contributed by atoms with van der Waals surface area (Å²) >= 11 is 0. The summed E-state index contributed by atoms with van der Waals surface area (Å²) in [4.78, 5) is 12.6. The summed E-state index contributed by atoms with van der Waals surface area (Å²) in [5, 5.41) is 8.71. The van der Waals surface area contributed by atoms with Crippen LogP contribution in [0.1, 0.15) is 33.6 Å². The van der Waals surface area contributed by atoms with Gasteiger partial charge in [0.2, 0.25) is 0 Å². The minimum Gasteiger partial charge on any atom is -0.480 e. The van der Waals surface area contributed by atoms with Crippen molar-refractivity contribution in [2.24, 2.45) is 5.41 Å². The van der Waals surface area contributed by atoms with E-state index in [0.717, 1.165) is 6.54 Å². The standard InChI is InChI=1S/C10H19NO2/c1-4-11(7-9(12)13)8(2)10(3)5-6-10/h8H,4-7H2,1-3H3,(H,12,13). The Kier molecular flexibility index (Phi) is 2.96. The minimum absolute atomic E-state index is 0.174. The highest BCUT2D eigenvalue weighted by molar-refractivity contribution is 5.69. The van der Waals surface area contributed by atoms with Gasteiger partial charge in [-0.25, -0.2) is 0 Å². The molecule has 0 aromatic carbocycles. The maximum absolute atomic E-state index is 10.6. The number of likely N-dealkylation sites (N-methyl/N-ethyl adjacent to an activating group) is 1. The number of carbonyl (C=O) groups is 1. The number of aliphatic carboxylic acids is 1. The van der Waals surface area contributed by atoms with Gasteiger partial charge in [0.25, 0.3) is 0 Å². The molecule has 13 heavy (non-hydrogen) atoms. The van der Waals surface area contributed by atoms with Crippen LogP contribution < -0.4 is 0 Å². The number of hydrogen-bond acceptors (Lipinski definition) is 2. The lowest BCUT2D eigenvalue weighted by Crippen LogP contribution is -2.41. The van der Waals surface area contributed by atoms with Crippen molar-refractivity contribution in [3.8, 4) is 0 Å². The Bertz CT molecular complexity index is 199. The van der Waals surface area contributed by atoms with Gasteiger partial charge in [-0.1, -0.05) is 13.8 Å². The van der Waals surface area contributed by atoms with Crippen LogP contribution in [-0.2, 0) is 4.79 Å². The van der Waals surface area contributed by atoms with Gasteiger partial charge in [-0.3, -0.25) is 9.69 Å². The van der Waals surface area contributed by atoms with Crippen molar-refractivity contribution in [1.29, 1.82) is 0 Å².